The lowest BCUT2D eigenvalue weighted by Gasteiger charge is -2.22. The fraction of sp³-hybridized carbons (Fsp3) is 0.538. The van der Waals surface area contributed by atoms with Gasteiger partial charge in [-0.25, -0.2) is 4.39 Å². The molecule has 0 spiro atoms. The van der Waals surface area contributed by atoms with Crippen molar-refractivity contribution in [2.75, 3.05) is 6.54 Å². The minimum absolute atomic E-state index is 0.0000926. The first-order valence-corrected chi connectivity index (χ1v) is 5.58. The van der Waals surface area contributed by atoms with Crippen molar-refractivity contribution >= 4 is 0 Å². The van der Waals surface area contributed by atoms with Gasteiger partial charge in [-0.2, -0.15) is 0 Å². The van der Waals surface area contributed by atoms with Crippen molar-refractivity contribution in [1.82, 2.24) is 0 Å². The molecule has 1 nitrogen and oxygen atoms in total. The Labute approximate surface area is 90.5 Å². The van der Waals surface area contributed by atoms with E-state index in [2.05, 4.69) is 13.8 Å². The molecule has 2 heteroatoms. The molecular formula is C13H18FN. The van der Waals surface area contributed by atoms with Crippen LogP contribution in [-0.4, -0.2) is 6.54 Å². The van der Waals surface area contributed by atoms with Crippen LogP contribution in [-0.2, 0) is 5.41 Å². The lowest BCUT2D eigenvalue weighted by atomic mass is 9.82. The highest BCUT2D eigenvalue weighted by Crippen LogP contribution is 2.59. The van der Waals surface area contributed by atoms with Crippen LogP contribution in [0.1, 0.15) is 25.8 Å². The van der Waals surface area contributed by atoms with Gasteiger partial charge in [0.15, 0.2) is 0 Å². The third-order valence-corrected chi connectivity index (χ3v) is 3.84. The summed E-state index contributed by atoms with van der Waals surface area (Å²) in [6.45, 7) is 4.97. The van der Waals surface area contributed by atoms with Crippen LogP contribution in [0.4, 0.5) is 4.39 Å². The summed E-state index contributed by atoms with van der Waals surface area (Å²) >= 11 is 0. The van der Waals surface area contributed by atoms with Crippen LogP contribution < -0.4 is 5.73 Å². The van der Waals surface area contributed by atoms with Gasteiger partial charge in [0.2, 0.25) is 0 Å². The van der Waals surface area contributed by atoms with Gasteiger partial charge in [-0.3, -0.25) is 0 Å². The van der Waals surface area contributed by atoms with E-state index in [0.717, 1.165) is 12.0 Å². The van der Waals surface area contributed by atoms with Gasteiger partial charge >= 0.3 is 0 Å². The van der Waals surface area contributed by atoms with Crippen molar-refractivity contribution in [3.05, 3.63) is 35.6 Å². The predicted octanol–water partition coefficient (Wildman–Crippen LogP) is 2.70. The predicted molar refractivity (Wildman–Crippen MR) is 60.1 cm³/mol. The Bertz CT molecular complexity index is 361. The Morgan fingerprint density at radius 2 is 2.13 bits per heavy atom. The molecule has 0 aromatic heterocycles. The molecule has 82 valence electrons. The zero-order valence-electron chi connectivity index (χ0n) is 9.33. The summed E-state index contributed by atoms with van der Waals surface area (Å²) in [6.07, 6.45) is 1.03. The molecule has 0 amide bonds. The van der Waals surface area contributed by atoms with Gasteiger partial charge in [-0.05, 0) is 36.4 Å². The zero-order valence-corrected chi connectivity index (χ0v) is 9.33. The summed E-state index contributed by atoms with van der Waals surface area (Å²) in [5, 5.41) is 0. The molecule has 1 unspecified atom stereocenters. The molecule has 1 aliphatic carbocycles. The summed E-state index contributed by atoms with van der Waals surface area (Å²) in [4.78, 5) is 0. The lowest BCUT2D eigenvalue weighted by Crippen LogP contribution is -2.22. The van der Waals surface area contributed by atoms with Gasteiger partial charge in [-0.15, -0.1) is 0 Å². The Morgan fingerprint density at radius 1 is 1.47 bits per heavy atom. The maximum Gasteiger partial charge on any atom is 0.126 e. The SMILES string of the molecule is CC(C)C1(c2ccccc2F)C[C@H]1CN. The highest BCUT2D eigenvalue weighted by molar-refractivity contribution is 5.36. The van der Waals surface area contributed by atoms with Gasteiger partial charge in [-0.1, -0.05) is 32.0 Å². The molecule has 0 aliphatic heterocycles. The van der Waals surface area contributed by atoms with E-state index in [0.29, 0.717) is 18.4 Å². The third-order valence-electron chi connectivity index (χ3n) is 3.84. The molecule has 0 saturated heterocycles. The number of halogens is 1. The van der Waals surface area contributed by atoms with Gasteiger partial charge in [0, 0.05) is 5.41 Å². The van der Waals surface area contributed by atoms with Gasteiger partial charge < -0.3 is 5.73 Å². The Morgan fingerprint density at radius 3 is 2.60 bits per heavy atom. The molecule has 1 saturated carbocycles. The molecule has 0 radical (unpaired) electrons. The molecular weight excluding hydrogens is 189 g/mol. The highest BCUT2D eigenvalue weighted by Gasteiger charge is 2.57. The van der Waals surface area contributed by atoms with Crippen LogP contribution in [0.3, 0.4) is 0 Å². The second kappa shape index (κ2) is 3.60. The number of rotatable bonds is 3. The van der Waals surface area contributed by atoms with E-state index < -0.39 is 0 Å². The van der Waals surface area contributed by atoms with Crippen LogP contribution in [0.25, 0.3) is 0 Å². The largest absolute Gasteiger partial charge is 0.330 e. The summed E-state index contributed by atoms with van der Waals surface area (Å²) in [7, 11) is 0. The normalized spacial score (nSPS) is 29.5. The van der Waals surface area contributed by atoms with E-state index in [9.17, 15) is 4.39 Å². The topological polar surface area (TPSA) is 26.0 Å². The van der Waals surface area contributed by atoms with Gasteiger partial charge in [0.25, 0.3) is 0 Å². The quantitative estimate of drug-likeness (QED) is 0.810. The van der Waals surface area contributed by atoms with E-state index in [1.807, 2.05) is 12.1 Å². The summed E-state index contributed by atoms with van der Waals surface area (Å²) in [5.41, 5.74) is 6.57. The maximum absolute atomic E-state index is 13.8. The van der Waals surface area contributed by atoms with E-state index in [-0.39, 0.29) is 11.2 Å². The Balaban J connectivity index is 2.40. The second-order valence-electron chi connectivity index (χ2n) is 4.81. The Kier molecular flexibility index (Phi) is 2.55. The lowest BCUT2D eigenvalue weighted by molar-refractivity contribution is 0.422. The number of hydrogen-bond acceptors (Lipinski definition) is 1. The molecule has 1 fully saturated rings. The fourth-order valence-corrected chi connectivity index (χ4v) is 2.83. The minimum Gasteiger partial charge on any atom is -0.330 e. The first-order chi connectivity index (χ1) is 7.13. The van der Waals surface area contributed by atoms with E-state index in [1.165, 1.54) is 0 Å². The standard InChI is InChI=1S/C13H18FN/c1-9(2)13(7-10(13)8-15)11-5-3-4-6-12(11)14/h3-6,9-10H,7-8,15H2,1-2H3/t10-,13?/m0/s1. The van der Waals surface area contributed by atoms with Crippen LogP contribution in [0.2, 0.25) is 0 Å². The molecule has 0 heterocycles. The van der Waals surface area contributed by atoms with Crippen molar-refractivity contribution in [2.45, 2.75) is 25.7 Å². The molecule has 2 rings (SSSR count). The van der Waals surface area contributed by atoms with Crippen molar-refractivity contribution in [2.24, 2.45) is 17.6 Å². The monoisotopic (exact) mass is 207 g/mol. The zero-order chi connectivity index (χ0) is 11.1. The average Bonchev–Trinajstić information content (AvgIpc) is 2.94. The minimum atomic E-state index is -0.0813. The van der Waals surface area contributed by atoms with Gasteiger partial charge in [0.1, 0.15) is 5.82 Å². The maximum atomic E-state index is 13.8. The fourth-order valence-electron chi connectivity index (χ4n) is 2.83. The summed E-state index contributed by atoms with van der Waals surface area (Å²) in [5.74, 6) is 0.819. The first-order valence-electron chi connectivity index (χ1n) is 5.58. The summed E-state index contributed by atoms with van der Waals surface area (Å²) in [6, 6.07) is 7.11. The molecule has 1 aromatic rings. The molecule has 2 N–H and O–H groups in total. The van der Waals surface area contributed by atoms with E-state index >= 15 is 0 Å². The average molecular weight is 207 g/mol. The van der Waals surface area contributed by atoms with E-state index in [1.54, 1.807) is 12.1 Å². The van der Waals surface area contributed by atoms with Crippen LogP contribution in [0.5, 0.6) is 0 Å². The molecule has 1 aromatic carbocycles. The number of nitrogens with two attached hydrogens (primary N) is 1. The van der Waals surface area contributed by atoms with Crippen LogP contribution >= 0.6 is 0 Å². The van der Waals surface area contributed by atoms with E-state index in [4.69, 9.17) is 5.73 Å². The highest BCUT2D eigenvalue weighted by atomic mass is 19.1. The van der Waals surface area contributed by atoms with Crippen molar-refractivity contribution in [3.8, 4) is 0 Å². The van der Waals surface area contributed by atoms with Crippen molar-refractivity contribution in [3.63, 3.8) is 0 Å². The first kappa shape index (κ1) is 10.6. The van der Waals surface area contributed by atoms with Crippen molar-refractivity contribution < 1.29 is 4.39 Å². The van der Waals surface area contributed by atoms with Crippen LogP contribution in [0, 0.1) is 17.7 Å². The molecule has 1 aliphatic rings. The van der Waals surface area contributed by atoms with Crippen LogP contribution in [0.15, 0.2) is 24.3 Å². The summed E-state index contributed by atoms with van der Waals surface area (Å²) < 4.78 is 13.8. The third kappa shape index (κ3) is 1.48. The second-order valence-corrected chi connectivity index (χ2v) is 4.81. The number of hydrogen-bond donors (Lipinski definition) is 1. The number of benzene rings is 1. The molecule has 2 atom stereocenters. The van der Waals surface area contributed by atoms with Gasteiger partial charge in [0.05, 0.1) is 0 Å². The smallest absolute Gasteiger partial charge is 0.126 e. The molecule has 15 heavy (non-hydrogen) atoms. The van der Waals surface area contributed by atoms with Crippen molar-refractivity contribution in [1.29, 1.82) is 0 Å². The Hall–Kier alpha value is -0.890. The molecule has 0 bridgehead atoms.